The normalized spacial score (nSPS) is 11.8. The second kappa shape index (κ2) is 7.92. The third-order valence-corrected chi connectivity index (χ3v) is 1.89. The van der Waals surface area contributed by atoms with Gasteiger partial charge in [-0.15, -0.1) is 0 Å². The van der Waals surface area contributed by atoms with Gasteiger partial charge in [-0.3, -0.25) is 0 Å². The van der Waals surface area contributed by atoms with Crippen LogP contribution in [-0.4, -0.2) is 11.6 Å². The Hall–Kier alpha value is -0.700. The van der Waals surface area contributed by atoms with Gasteiger partial charge in [-0.05, 0) is 12.8 Å². The van der Waals surface area contributed by atoms with E-state index in [1.54, 1.807) is 5.01 Å². The molecule has 0 aliphatic heterocycles. The first-order valence-corrected chi connectivity index (χ1v) is 5.18. The lowest BCUT2D eigenvalue weighted by Crippen LogP contribution is -2.27. The lowest BCUT2D eigenvalue weighted by molar-refractivity contribution is 0.375. The minimum Gasteiger partial charge on any atom is -0.401 e. The van der Waals surface area contributed by atoms with Gasteiger partial charge in [0.1, 0.15) is 0 Å². The molecule has 0 amide bonds. The topological polar surface area (TPSA) is 55.3 Å². The Labute approximate surface area is 81.7 Å². The van der Waals surface area contributed by atoms with Crippen molar-refractivity contribution in [2.75, 3.05) is 6.54 Å². The smallest absolute Gasteiger partial charge is 0.0342 e. The van der Waals surface area contributed by atoms with Gasteiger partial charge in [0.15, 0.2) is 0 Å². The molecule has 0 aromatic heterocycles. The molecule has 0 aromatic rings. The van der Waals surface area contributed by atoms with Crippen LogP contribution >= 0.6 is 0 Å². The van der Waals surface area contributed by atoms with Crippen molar-refractivity contribution in [1.82, 2.24) is 5.01 Å². The van der Waals surface area contributed by atoms with Crippen molar-refractivity contribution in [3.8, 4) is 0 Å². The number of nitrogens with zero attached hydrogens (tertiary/aromatic N) is 1. The summed E-state index contributed by atoms with van der Waals surface area (Å²) in [7, 11) is 0. The minimum atomic E-state index is 0.876. The van der Waals surface area contributed by atoms with E-state index < -0.39 is 0 Å². The maximum absolute atomic E-state index is 5.73. The predicted octanol–water partition coefficient (Wildman–Crippen LogP) is 1.95. The second-order valence-electron chi connectivity index (χ2n) is 3.40. The fourth-order valence-corrected chi connectivity index (χ4v) is 1.18. The van der Waals surface area contributed by atoms with E-state index in [9.17, 15) is 0 Å². The molecule has 0 aliphatic rings. The minimum absolute atomic E-state index is 0.876. The quantitative estimate of drug-likeness (QED) is 0.362. The van der Waals surface area contributed by atoms with Gasteiger partial charge >= 0.3 is 0 Å². The van der Waals surface area contributed by atoms with Crippen LogP contribution in [-0.2, 0) is 0 Å². The highest BCUT2D eigenvalue weighted by molar-refractivity contribution is 4.94. The first kappa shape index (κ1) is 12.3. The van der Waals surface area contributed by atoms with Crippen LogP contribution in [0, 0.1) is 0 Å². The Balaban J connectivity index is 3.58. The van der Waals surface area contributed by atoms with Crippen LogP contribution in [0.15, 0.2) is 11.9 Å². The molecule has 13 heavy (non-hydrogen) atoms. The van der Waals surface area contributed by atoms with Gasteiger partial charge in [-0.25, -0.2) is 5.84 Å². The molecule has 0 fully saturated rings. The molecule has 0 saturated heterocycles. The number of allylic oxidation sites excluding steroid dienone is 1. The summed E-state index contributed by atoms with van der Waals surface area (Å²) in [6, 6.07) is 0. The summed E-state index contributed by atoms with van der Waals surface area (Å²) in [5.41, 5.74) is 6.61. The molecule has 0 heterocycles. The number of rotatable bonds is 7. The van der Waals surface area contributed by atoms with Crippen molar-refractivity contribution in [2.45, 2.75) is 46.0 Å². The Kier molecular flexibility index (Phi) is 7.50. The van der Waals surface area contributed by atoms with E-state index in [2.05, 4.69) is 13.8 Å². The Bertz CT molecular complexity index is 143. The number of hydrogen-bond donors (Lipinski definition) is 2. The first-order chi connectivity index (χ1) is 6.20. The molecule has 0 aromatic carbocycles. The largest absolute Gasteiger partial charge is 0.401 e. The SMILES string of the molecule is CCCCCN(N)/C=C(\N)CCC. The lowest BCUT2D eigenvalue weighted by atomic mass is 10.2. The zero-order valence-electron chi connectivity index (χ0n) is 8.92. The van der Waals surface area contributed by atoms with Crippen molar-refractivity contribution in [3.05, 3.63) is 11.9 Å². The van der Waals surface area contributed by atoms with Crippen LogP contribution in [0.2, 0.25) is 0 Å². The summed E-state index contributed by atoms with van der Waals surface area (Å²) in [6.45, 7) is 5.19. The summed E-state index contributed by atoms with van der Waals surface area (Å²) < 4.78 is 0. The van der Waals surface area contributed by atoms with Crippen LogP contribution in [0.25, 0.3) is 0 Å². The van der Waals surface area contributed by atoms with Gasteiger partial charge in [0.2, 0.25) is 0 Å². The number of nitrogens with two attached hydrogens (primary N) is 2. The van der Waals surface area contributed by atoms with Crippen molar-refractivity contribution in [3.63, 3.8) is 0 Å². The molecule has 0 spiro atoms. The van der Waals surface area contributed by atoms with E-state index in [4.69, 9.17) is 11.6 Å². The Morgan fingerprint density at radius 1 is 1.23 bits per heavy atom. The van der Waals surface area contributed by atoms with Crippen LogP contribution in [0.4, 0.5) is 0 Å². The van der Waals surface area contributed by atoms with Crippen molar-refractivity contribution >= 4 is 0 Å². The van der Waals surface area contributed by atoms with Gasteiger partial charge < -0.3 is 10.7 Å². The molecule has 0 aliphatic carbocycles. The van der Waals surface area contributed by atoms with Gasteiger partial charge in [-0.2, -0.15) is 0 Å². The molecule has 0 atom stereocenters. The molecule has 0 rings (SSSR count). The molecule has 78 valence electrons. The van der Waals surface area contributed by atoms with Crippen LogP contribution in [0.3, 0.4) is 0 Å². The van der Waals surface area contributed by atoms with E-state index in [0.717, 1.165) is 31.5 Å². The van der Waals surface area contributed by atoms with E-state index in [0.29, 0.717) is 0 Å². The standard InChI is InChI=1S/C10H23N3/c1-3-5-6-8-13(12)9-10(11)7-4-2/h9H,3-8,11-12H2,1-2H3/b10-9-. The van der Waals surface area contributed by atoms with Crippen molar-refractivity contribution in [2.24, 2.45) is 11.6 Å². The van der Waals surface area contributed by atoms with Gasteiger partial charge in [-0.1, -0.05) is 33.1 Å². The number of hydrazine groups is 1. The highest BCUT2D eigenvalue weighted by Crippen LogP contribution is 1.99. The van der Waals surface area contributed by atoms with Gasteiger partial charge in [0.05, 0.1) is 0 Å². The maximum Gasteiger partial charge on any atom is 0.0342 e. The van der Waals surface area contributed by atoms with E-state index in [1.807, 2.05) is 6.20 Å². The number of unbranched alkanes of at least 4 members (excludes halogenated alkanes) is 2. The third kappa shape index (κ3) is 7.65. The average molecular weight is 185 g/mol. The summed E-state index contributed by atoms with van der Waals surface area (Å²) in [6.07, 6.45) is 7.45. The lowest BCUT2D eigenvalue weighted by Gasteiger charge is -2.14. The molecular formula is C10H23N3. The summed E-state index contributed by atoms with van der Waals surface area (Å²) in [5.74, 6) is 5.72. The van der Waals surface area contributed by atoms with E-state index >= 15 is 0 Å². The molecule has 0 radical (unpaired) electrons. The Morgan fingerprint density at radius 2 is 1.92 bits per heavy atom. The van der Waals surface area contributed by atoms with Crippen LogP contribution in [0.5, 0.6) is 0 Å². The molecule has 4 N–H and O–H groups in total. The Morgan fingerprint density at radius 3 is 2.46 bits per heavy atom. The third-order valence-electron chi connectivity index (χ3n) is 1.89. The van der Waals surface area contributed by atoms with E-state index in [1.165, 1.54) is 12.8 Å². The van der Waals surface area contributed by atoms with Crippen LogP contribution < -0.4 is 11.6 Å². The summed E-state index contributed by atoms with van der Waals surface area (Å²) in [4.78, 5) is 0. The van der Waals surface area contributed by atoms with Gasteiger partial charge in [0, 0.05) is 18.4 Å². The molecule has 0 bridgehead atoms. The number of hydrogen-bond acceptors (Lipinski definition) is 3. The fourth-order valence-electron chi connectivity index (χ4n) is 1.18. The highest BCUT2D eigenvalue weighted by Gasteiger charge is 1.94. The van der Waals surface area contributed by atoms with Crippen molar-refractivity contribution in [1.29, 1.82) is 0 Å². The second-order valence-corrected chi connectivity index (χ2v) is 3.40. The highest BCUT2D eigenvalue weighted by atomic mass is 15.4. The molecule has 0 unspecified atom stereocenters. The summed E-state index contributed by atoms with van der Waals surface area (Å²) >= 11 is 0. The van der Waals surface area contributed by atoms with E-state index in [-0.39, 0.29) is 0 Å². The predicted molar refractivity (Wildman–Crippen MR) is 57.6 cm³/mol. The molecule has 3 heteroatoms. The monoisotopic (exact) mass is 185 g/mol. The van der Waals surface area contributed by atoms with Crippen LogP contribution in [0.1, 0.15) is 46.0 Å². The zero-order valence-corrected chi connectivity index (χ0v) is 8.92. The molecular weight excluding hydrogens is 162 g/mol. The average Bonchev–Trinajstić information content (AvgIpc) is 2.05. The maximum atomic E-state index is 5.73. The first-order valence-electron chi connectivity index (χ1n) is 5.18. The van der Waals surface area contributed by atoms with Crippen molar-refractivity contribution < 1.29 is 0 Å². The zero-order chi connectivity index (χ0) is 10.1. The summed E-state index contributed by atoms with van der Waals surface area (Å²) in [5, 5.41) is 1.70. The molecule has 0 saturated carbocycles. The van der Waals surface area contributed by atoms with Gasteiger partial charge in [0.25, 0.3) is 0 Å². The molecule has 3 nitrogen and oxygen atoms in total. The fraction of sp³-hybridized carbons (Fsp3) is 0.800.